The molecule has 0 aromatic heterocycles. The molecule has 8 heteroatoms. The van der Waals surface area contributed by atoms with Gasteiger partial charge < -0.3 is 14.9 Å². The van der Waals surface area contributed by atoms with E-state index in [0.717, 1.165) is 0 Å². The fourth-order valence-corrected chi connectivity index (χ4v) is 5.90. The lowest BCUT2D eigenvalue weighted by molar-refractivity contribution is -0.131. The summed E-state index contributed by atoms with van der Waals surface area (Å²) in [5, 5.41) is 9.45. The molecule has 2 heterocycles. The van der Waals surface area contributed by atoms with Crippen molar-refractivity contribution in [1.82, 2.24) is 14.7 Å². The first-order chi connectivity index (χ1) is 17.8. The van der Waals surface area contributed by atoms with Crippen LogP contribution in [0, 0.1) is 23.7 Å². The van der Waals surface area contributed by atoms with Crippen LogP contribution in [0.3, 0.4) is 0 Å². The Morgan fingerprint density at radius 2 is 1.27 bits per heavy atom. The summed E-state index contributed by atoms with van der Waals surface area (Å²) in [6.07, 6.45) is 0.263. The Balaban J connectivity index is 1.72. The Labute approximate surface area is 217 Å². The van der Waals surface area contributed by atoms with Gasteiger partial charge in [0, 0.05) is 63.2 Å². The third-order valence-corrected chi connectivity index (χ3v) is 7.84. The summed E-state index contributed by atoms with van der Waals surface area (Å²) in [5.74, 6) is -1.32. The van der Waals surface area contributed by atoms with Crippen LogP contribution in [0.25, 0.3) is 0 Å². The minimum absolute atomic E-state index is 0.0256. The fraction of sp³-hybridized carbons (Fsp3) is 0.448. The Kier molecular flexibility index (Phi) is 8.38. The molecule has 2 saturated heterocycles. The van der Waals surface area contributed by atoms with Crippen LogP contribution in [0.5, 0.6) is 0 Å². The number of Topliss-reactive ketones (excluding diaryl/α,β-unsaturated/α-hetero) is 2. The Morgan fingerprint density at radius 1 is 0.811 bits per heavy atom. The maximum Gasteiger partial charge on any atom is 0.407 e. The second kappa shape index (κ2) is 11.7. The van der Waals surface area contributed by atoms with Gasteiger partial charge in [-0.1, -0.05) is 60.7 Å². The van der Waals surface area contributed by atoms with Gasteiger partial charge in [0.2, 0.25) is 5.91 Å². The molecule has 2 aromatic carbocycles. The molecule has 2 aliphatic heterocycles. The maximum atomic E-state index is 14.0. The van der Waals surface area contributed by atoms with Gasteiger partial charge in [0.1, 0.15) is 0 Å². The molecule has 0 spiro atoms. The second-order valence-corrected chi connectivity index (χ2v) is 10.3. The summed E-state index contributed by atoms with van der Waals surface area (Å²) in [7, 11) is 3.40. The highest BCUT2D eigenvalue weighted by molar-refractivity contribution is 6.01. The highest BCUT2D eigenvalue weighted by Gasteiger charge is 2.48. The van der Waals surface area contributed by atoms with Gasteiger partial charge in [0.05, 0.1) is 6.54 Å². The summed E-state index contributed by atoms with van der Waals surface area (Å²) in [5.41, 5.74) is 1.18. The van der Waals surface area contributed by atoms with E-state index < -0.39 is 17.9 Å². The monoisotopic (exact) mass is 505 g/mol. The molecule has 0 radical (unpaired) electrons. The highest BCUT2D eigenvalue weighted by Crippen LogP contribution is 2.42. The number of carbonyl (C=O) groups is 4. The number of carboxylic acid groups (broad SMARTS) is 1. The average molecular weight is 506 g/mol. The Morgan fingerprint density at radius 3 is 1.68 bits per heavy atom. The quantitative estimate of drug-likeness (QED) is 0.580. The highest BCUT2D eigenvalue weighted by atomic mass is 16.4. The van der Waals surface area contributed by atoms with Crippen molar-refractivity contribution in [2.45, 2.75) is 12.8 Å². The van der Waals surface area contributed by atoms with Crippen LogP contribution in [-0.4, -0.2) is 90.2 Å². The molecule has 0 saturated carbocycles. The van der Waals surface area contributed by atoms with E-state index in [2.05, 4.69) is 0 Å². The fourth-order valence-electron chi connectivity index (χ4n) is 5.90. The van der Waals surface area contributed by atoms with Crippen LogP contribution >= 0.6 is 0 Å². The number of hydrogen-bond donors (Lipinski definition) is 1. The largest absolute Gasteiger partial charge is 0.465 e. The van der Waals surface area contributed by atoms with Crippen LogP contribution in [0.2, 0.25) is 0 Å². The molecule has 2 amide bonds. The van der Waals surface area contributed by atoms with E-state index in [1.54, 1.807) is 38.4 Å². The number of carbonyl (C=O) groups excluding carboxylic acids is 3. The van der Waals surface area contributed by atoms with Crippen molar-refractivity contribution in [3.8, 4) is 0 Å². The van der Waals surface area contributed by atoms with Gasteiger partial charge in [-0.3, -0.25) is 19.3 Å². The van der Waals surface area contributed by atoms with Gasteiger partial charge in [-0.2, -0.15) is 0 Å². The molecular formula is C29H35N3O5. The van der Waals surface area contributed by atoms with Crippen molar-refractivity contribution in [3.05, 3.63) is 71.8 Å². The third-order valence-electron chi connectivity index (χ3n) is 7.84. The Hall–Kier alpha value is -3.52. The Bertz CT molecular complexity index is 1050. The van der Waals surface area contributed by atoms with E-state index in [0.29, 0.717) is 50.1 Å². The lowest BCUT2D eigenvalue weighted by Crippen LogP contribution is -2.56. The number of piperidine rings is 2. The molecular weight excluding hydrogens is 470 g/mol. The van der Waals surface area contributed by atoms with Gasteiger partial charge in [-0.25, -0.2) is 4.79 Å². The van der Waals surface area contributed by atoms with Crippen molar-refractivity contribution < 1.29 is 24.3 Å². The van der Waals surface area contributed by atoms with Crippen LogP contribution < -0.4 is 0 Å². The van der Waals surface area contributed by atoms with Crippen LogP contribution in [0.4, 0.5) is 4.79 Å². The van der Waals surface area contributed by atoms with E-state index >= 15 is 0 Å². The maximum absolute atomic E-state index is 14.0. The number of hydrogen-bond acceptors (Lipinski definition) is 5. The number of likely N-dealkylation sites (N-methyl/N-ethyl adjacent to an activating group) is 1. The molecule has 0 bridgehead atoms. The van der Waals surface area contributed by atoms with Gasteiger partial charge in [0.25, 0.3) is 0 Å². The smallest absolute Gasteiger partial charge is 0.407 e. The molecule has 2 aromatic rings. The molecule has 2 atom stereocenters. The molecule has 37 heavy (non-hydrogen) atoms. The summed E-state index contributed by atoms with van der Waals surface area (Å²) in [6, 6.07) is 18.2. The second-order valence-electron chi connectivity index (χ2n) is 10.3. The lowest BCUT2D eigenvalue weighted by atomic mass is 9.64. The lowest BCUT2D eigenvalue weighted by Gasteiger charge is -2.47. The van der Waals surface area contributed by atoms with Gasteiger partial charge in [0.15, 0.2) is 11.6 Å². The topological polar surface area (TPSA) is 98.2 Å². The van der Waals surface area contributed by atoms with E-state index in [1.807, 2.05) is 41.3 Å². The zero-order chi connectivity index (χ0) is 26.5. The third kappa shape index (κ3) is 6.07. The first kappa shape index (κ1) is 26.5. The minimum Gasteiger partial charge on any atom is -0.465 e. The number of ketones is 2. The summed E-state index contributed by atoms with van der Waals surface area (Å²) < 4.78 is 0. The van der Waals surface area contributed by atoms with Crippen molar-refractivity contribution in [2.24, 2.45) is 23.7 Å². The summed E-state index contributed by atoms with van der Waals surface area (Å²) in [6.45, 7) is 1.68. The average Bonchev–Trinajstić information content (AvgIpc) is 2.92. The molecule has 1 N–H and O–H groups in total. The normalized spacial score (nSPS) is 22.9. The van der Waals surface area contributed by atoms with E-state index in [9.17, 15) is 24.3 Å². The molecule has 2 aliphatic rings. The number of likely N-dealkylation sites (tertiary alicyclic amines) is 2. The predicted octanol–water partition coefficient (Wildman–Crippen LogP) is 3.39. The van der Waals surface area contributed by atoms with Gasteiger partial charge in [-0.05, 0) is 24.7 Å². The minimum atomic E-state index is -0.940. The molecule has 2 unspecified atom stereocenters. The van der Waals surface area contributed by atoms with Gasteiger partial charge in [-0.15, -0.1) is 0 Å². The van der Waals surface area contributed by atoms with Crippen molar-refractivity contribution >= 4 is 23.6 Å². The molecule has 8 nitrogen and oxygen atoms in total. The molecule has 4 rings (SSSR count). The summed E-state index contributed by atoms with van der Waals surface area (Å²) >= 11 is 0. The molecule has 0 aliphatic carbocycles. The van der Waals surface area contributed by atoms with Crippen LogP contribution in [0.1, 0.15) is 33.6 Å². The number of benzene rings is 2. The zero-order valence-electron chi connectivity index (χ0n) is 21.5. The zero-order valence-corrected chi connectivity index (χ0v) is 21.5. The van der Waals surface area contributed by atoms with E-state index in [-0.39, 0.29) is 35.9 Å². The van der Waals surface area contributed by atoms with E-state index in [4.69, 9.17) is 0 Å². The molecule has 196 valence electrons. The number of amides is 2. The van der Waals surface area contributed by atoms with Crippen molar-refractivity contribution in [2.75, 3.05) is 46.8 Å². The standard InChI is InChI=1S/C29H35N3O5/c1-30(2)25(33)19-31-17-23(27(34)21-9-5-3-6-10-21)26(20-13-15-32(16-14-20)29(36)37)24(18-31)28(35)22-11-7-4-8-12-22/h3-12,20,23-24,26H,13-19H2,1-2H3,(H,36,37). The van der Waals surface area contributed by atoms with Gasteiger partial charge >= 0.3 is 6.09 Å². The first-order valence-electron chi connectivity index (χ1n) is 12.8. The number of rotatable bonds is 7. The first-order valence-corrected chi connectivity index (χ1v) is 12.8. The number of nitrogens with zero attached hydrogens (tertiary/aromatic N) is 3. The predicted molar refractivity (Wildman–Crippen MR) is 139 cm³/mol. The molecule has 2 fully saturated rings. The van der Waals surface area contributed by atoms with E-state index in [1.165, 1.54) is 9.80 Å². The van der Waals surface area contributed by atoms with Crippen molar-refractivity contribution in [1.29, 1.82) is 0 Å². The van der Waals surface area contributed by atoms with Crippen LogP contribution in [0.15, 0.2) is 60.7 Å². The van der Waals surface area contributed by atoms with Crippen molar-refractivity contribution in [3.63, 3.8) is 0 Å². The SMILES string of the molecule is CN(C)C(=O)CN1CC(C(=O)c2ccccc2)C(C2CCN(C(=O)O)CC2)C(C(=O)c2ccccc2)C1. The van der Waals surface area contributed by atoms with Crippen LogP contribution in [-0.2, 0) is 4.79 Å². The summed E-state index contributed by atoms with van der Waals surface area (Å²) in [4.78, 5) is 57.0.